The van der Waals surface area contributed by atoms with Crippen LogP contribution in [0.4, 0.5) is 0 Å². The molecule has 1 rings (SSSR count). The van der Waals surface area contributed by atoms with Gasteiger partial charge in [0.15, 0.2) is 11.5 Å². The minimum absolute atomic E-state index is 0.205. The topological polar surface area (TPSA) is 61.5 Å². The van der Waals surface area contributed by atoms with Gasteiger partial charge in [0.05, 0.1) is 13.5 Å². The van der Waals surface area contributed by atoms with Crippen molar-refractivity contribution in [1.82, 2.24) is 0 Å². The van der Waals surface area contributed by atoms with E-state index >= 15 is 0 Å². The normalized spacial score (nSPS) is 9.80. The highest BCUT2D eigenvalue weighted by molar-refractivity contribution is 5.73. The van der Waals surface area contributed by atoms with Crippen LogP contribution in [0, 0.1) is 6.92 Å². The lowest BCUT2D eigenvalue weighted by Crippen LogP contribution is -2.14. The van der Waals surface area contributed by atoms with E-state index in [4.69, 9.17) is 15.2 Å². The Morgan fingerprint density at radius 2 is 2.13 bits per heavy atom. The molecule has 0 radical (unpaired) electrons. The first kappa shape index (κ1) is 11.5. The van der Waals surface area contributed by atoms with E-state index in [1.165, 1.54) is 7.11 Å². The number of carbonyl (C=O) groups excluding carboxylic acids is 1. The average molecular weight is 209 g/mol. The molecule has 4 heteroatoms. The van der Waals surface area contributed by atoms with Crippen LogP contribution >= 0.6 is 0 Å². The monoisotopic (exact) mass is 209 g/mol. The predicted molar refractivity (Wildman–Crippen MR) is 57.0 cm³/mol. The first-order chi connectivity index (χ1) is 7.17. The van der Waals surface area contributed by atoms with Crippen LogP contribution in [0.5, 0.6) is 11.5 Å². The van der Waals surface area contributed by atoms with Crippen molar-refractivity contribution in [3.63, 3.8) is 0 Å². The molecule has 15 heavy (non-hydrogen) atoms. The minimum Gasteiger partial charge on any atom is -0.493 e. The molecular formula is C11H15NO3. The number of esters is 1. The number of aryl methyl sites for hydroxylation is 1. The number of hydrogen-bond acceptors (Lipinski definition) is 4. The van der Waals surface area contributed by atoms with E-state index in [-0.39, 0.29) is 18.9 Å². The molecule has 0 unspecified atom stereocenters. The van der Waals surface area contributed by atoms with Crippen LogP contribution in [0.3, 0.4) is 0 Å². The van der Waals surface area contributed by atoms with Gasteiger partial charge in [-0.3, -0.25) is 4.79 Å². The first-order valence-corrected chi connectivity index (χ1v) is 4.72. The zero-order valence-corrected chi connectivity index (χ0v) is 8.95. The lowest BCUT2D eigenvalue weighted by atomic mass is 10.2. The van der Waals surface area contributed by atoms with Gasteiger partial charge in [0.2, 0.25) is 0 Å². The maximum atomic E-state index is 11.2. The average Bonchev–Trinajstić information content (AvgIpc) is 2.21. The molecule has 0 aliphatic rings. The summed E-state index contributed by atoms with van der Waals surface area (Å²) in [5.74, 6) is 0.640. The van der Waals surface area contributed by atoms with Gasteiger partial charge in [-0.1, -0.05) is 6.07 Å². The third-order valence-electron chi connectivity index (χ3n) is 1.89. The van der Waals surface area contributed by atoms with E-state index in [0.717, 1.165) is 5.56 Å². The number of methoxy groups -OCH3 is 1. The standard InChI is InChI=1S/C11H15NO3/c1-8-3-4-9(10(7-8)14-2)15-11(13)5-6-12/h3-4,7H,5-6,12H2,1-2H3. The number of hydrogen-bond donors (Lipinski definition) is 1. The van der Waals surface area contributed by atoms with Gasteiger partial charge in [-0.2, -0.15) is 0 Å². The molecule has 2 N–H and O–H groups in total. The van der Waals surface area contributed by atoms with Crippen molar-refractivity contribution in [3.05, 3.63) is 23.8 Å². The second-order valence-corrected chi connectivity index (χ2v) is 3.17. The molecule has 0 aliphatic heterocycles. The number of nitrogens with two attached hydrogens (primary N) is 1. The van der Waals surface area contributed by atoms with Gasteiger partial charge in [-0.25, -0.2) is 0 Å². The molecule has 0 aliphatic carbocycles. The minimum atomic E-state index is -0.348. The molecule has 0 amide bonds. The molecule has 0 bridgehead atoms. The molecule has 0 saturated carbocycles. The summed E-state index contributed by atoms with van der Waals surface area (Å²) in [6.07, 6.45) is 0.205. The highest BCUT2D eigenvalue weighted by Crippen LogP contribution is 2.27. The summed E-state index contributed by atoms with van der Waals surface area (Å²) in [6, 6.07) is 5.38. The van der Waals surface area contributed by atoms with Gasteiger partial charge in [0.25, 0.3) is 0 Å². The zero-order valence-electron chi connectivity index (χ0n) is 8.95. The molecule has 0 heterocycles. The van der Waals surface area contributed by atoms with Gasteiger partial charge in [0.1, 0.15) is 0 Å². The van der Waals surface area contributed by atoms with Crippen molar-refractivity contribution >= 4 is 5.97 Å². The quantitative estimate of drug-likeness (QED) is 0.599. The van der Waals surface area contributed by atoms with Crippen LogP contribution in [0.1, 0.15) is 12.0 Å². The first-order valence-electron chi connectivity index (χ1n) is 4.72. The Morgan fingerprint density at radius 3 is 2.73 bits per heavy atom. The Bertz CT molecular complexity index is 350. The lowest BCUT2D eigenvalue weighted by molar-refractivity contribution is -0.134. The number of rotatable bonds is 4. The van der Waals surface area contributed by atoms with E-state index < -0.39 is 0 Å². The molecule has 82 valence electrons. The smallest absolute Gasteiger partial charge is 0.312 e. The highest BCUT2D eigenvalue weighted by Gasteiger charge is 2.08. The molecule has 0 spiro atoms. The van der Waals surface area contributed by atoms with Gasteiger partial charge in [0, 0.05) is 6.54 Å². The Kier molecular flexibility index (Phi) is 4.12. The maximum Gasteiger partial charge on any atom is 0.312 e. The SMILES string of the molecule is COc1cc(C)ccc1OC(=O)CCN. The summed E-state index contributed by atoms with van der Waals surface area (Å²) in [6.45, 7) is 2.22. The number of benzene rings is 1. The number of ether oxygens (including phenoxy) is 2. The summed E-state index contributed by atoms with van der Waals surface area (Å²) in [4.78, 5) is 11.2. The third kappa shape index (κ3) is 3.25. The lowest BCUT2D eigenvalue weighted by Gasteiger charge is -2.09. The second kappa shape index (κ2) is 5.36. The molecule has 4 nitrogen and oxygen atoms in total. The summed E-state index contributed by atoms with van der Waals surface area (Å²) in [5.41, 5.74) is 6.29. The van der Waals surface area contributed by atoms with Crippen LogP contribution in [0.15, 0.2) is 18.2 Å². The molecule has 1 aromatic rings. The Hall–Kier alpha value is -1.55. The summed E-state index contributed by atoms with van der Waals surface area (Å²) >= 11 is 0. The van der Waals surface area contributed by atoms with Crippen molar-refractivity contribution in [3.8, 4) is 11.5 Å². The van der Waals surface area contributed by atoms with Crippen molar-refractivity contribution < 1.29 is 14.3 Å². The van der Waals surface area contributed by atoms with Crippen LogP contribution in [-0.4, -0.2) is 19.6 Å². The number of carbonyl (C=O) groups is 1. The molecular weight excluding hydrogens is 194 g/mol. The fourth-order valence-corrected chi connectivity index (χ4v) is 1.15. The Morgan fingerprint density at radius 1 is 1.40 bits per heavy atom. The summed E-state index contributed by atoms with van der Waals surface area (Å²) in [7, 11) is 1.54. The predicted octanol–water partition coefficient (Wildman–Crippen LogP) is 1.26. The van der Waals surface area contributed by atoms with E-state index in [1.807, 2.05) is 19.1 Å². The van der Waals surface area contributed by atoms with Gasteiger partial charge in [-0.05, 0) is 24.6 Å². The van der Waals surface area contributed by atoms with E-state index in [2.05, 4.69) is 0 Å². The van der Waals surface area contributed by atoms with Crippen molar-refractivity contribution in [1.29, 1.82) is 0 Å². The molecule has 1 aromatic carbocycles. The van der Waals surface area contributed by atoms with E-state index in [9.17, 15) is 4.79 Å². The van der Waals surface area contributed by atoms with Crippen LogP contribution in [0.2, 0.25) is 0 Å². The molecule has 0 aromatic heterocycles. The van der Waals surface area contributed by atoms with E-state index in [0.29, 0.717) is 11.5 Å². The van der Waals surface area contributed by atoms with Crippen molar-refractivity contribution in [2.75, 3.05) is 13.7 Å². The zero-order chi connectivity index (χ0) is 11.3. The van der Waals surface area contributed by atoms with Crippen molar-refractivity contribution in [2.24, 2.45) is 5.73 Å². The Balaban J connectivity index is 2.80. The van der Waals surface area contributed by atoms with Gasteiger partial charge in [-0.15, -0.1) is 0 Å². The van der Waals surface area contributed by atoms with Gasteiger partial charge < -0.3 is 15.2 Å². The van der Waals surface area contributed by atoms with Crippen LogP contribution in [-0.2, 0) is 4.79 Å². The molecule has 0 saturated heterocycles. The molecule has 0 atom stereocenters. The second-order valence-electron chi connectivity index (χ2n) is 3.17. The maximum absolute atomic E-state index is 11.2. The van der Waals surface area contributed by atoms with Crippen LogP contribution < -0.4 is 15.2 Å². The fraction of sp³-hybridized carbons (Fsp3) is 0.364. The van der Waals surface area contributed by atoms with E-state index in [1.54, 1.807) is 6.07 Å². The van der Waals surface area contributed by atoms with Crippen LogP contribution in [0.25, 0.3) is 0 Å². The highest BCUT2D eigenvalue weighted by atomic mass is 16.6. The third-order valence-corrected chi connectivity index (χ3v) is 1.89. The van der Waals surface area contributed by atoms with Gasteiger partial charge >= 0.3 is 5.97 Å². The Labute approximate surface area is 89.0 Å². The summed E-state index contributed by atoms with van der Waals surface area (Å²) in [5, 5.41) is 0. The summed E-state index contributed by atoms with van der Waals surface area (Å²) < 4.78 is 10.2. The molecule has 0 fully saturated rings. The van der Waals surface area contributed by atoms with Crippen molar-refractivity contribution in [2.45, 2.75) is 13.3 Å². The largest absolute Gasteiger partial charge is 0.493 e. The fourth-order valence-electron chi connectivity index (χ4n) is 1.15.